The molecule has 0 saturated heterocycles. The Hall–Kier alpha value is -0.602. The van der Waals surface area contributed by atoms with E-state index < -0.39 is 26.6 Å². The SMILES string of the molecule is O=[As](O)c1cc(F)cc(F)c1. The third kappa shape index (κ3) is 2.17. The minimum absolute atomic E-state index is 0.157. The summed E-state index contributed by atoms with van der Waals surface area (Å²) in [6, 6.07) is 2.37. The van der Waals surface area contributed by atoms with Gasteiger partial charge >= 0.3 is 65.7 Å². The molecular weight excluding hydrogens is 217 g/mol. The van der Waals surface area contributed by atoms with Gasteiger partial charge in [0.2, 0.25) is 0 Å². The summed E-state index contributed by atoms with van der Waals surface area (Å²) >= 11 is -3.38. The second kappa shape index (κ2) is 3.20. The Labute approximate surface area is 66.3 Å². The summed E-state index contributed by atoms with van der Waals surface area (Å²) in [6.45, 7) is 0. The summed E-state index contributed by atoms with van der Waals surface area (Å²) in [6.07, 6.45) is 0. The molecule has 5 heteroatoms. The third-order valence-corrected chi connectivity index (χ3v) is 2.54. The first-order chi connectivity index (χ1) is 5.09. The monoisotopic (exact) mass is 221 g/mol. The summed E-state index contributed by atoms with van der Waals surface area (Å²) in [5.74, 6) is -1.66. The van der Waals surface area contributed by atoms with Gasteiger partial charge in [-0.3, -0.25) is 0 Å². The number of benzene rings is 1. The Balaban J connectivity index is 3.19. The first-order valence-electron chi connectivity index (χ1n) is 2.72. The molecule has 0 aromatic heterocycles. The van der Waals surface area contributed by atoms with Gasteiger partial charge < -0.3 is 0 Å². The van der Waals surface area contributed by atoms with E-state index in [1.807, 2.05) is 0 Å². The number of rotatable bonds is 1. The van der Waals surface area contributed by atoms with E-state index in [1.54, 1.807) is 0 Å². The number of hydrogen-bond acceptors (Lipinski definition) is 1. The van der Waals surface area contributed by atoms with Crippen LogP contribution >= 0.6 is 0 Å². The normalized spacial score (nSPS) is 11.4. The van der Waals surface area contributed by atoms with E-state index in [4.69, 9.17) is 4.10 Å². The van der Waals surface area contributed by atoms with Crippen LogP contribution in [-0.2, 0) is 3.74 Å². The third-order valence-electron chi connectivity index (χ3n) is 1.07. The zero-order valence-electron chi connectivity index (χ0n) is 5.29. The van der Waals surface area contributed by atoms with Crippen molar-refractivity contribution < 1.29 is 16.6 Å². The molecule has 11 heavy (non-hydrogen) atoms. The van der Waals surface area contributed by atoms with Gasteiger partial charge in [0.1, 0.15) is 0 Å². The van der Waals surface area contributed by atoms with Crippen molar-refractivity contribution in [1.29, 1.82) is 0 Å². The maximum atomic E-state index is 12.3. The fourth-order valence-electron chi connectivity index (χ4n) is 0.650. The Kier molecular flexibility index (Phi) is 2.47. The van der Waals surface area contributed by atoms with Gasteiger partial charge in [0.05, 0.1) is 0 Å². The summed E-state index contributed by atoms with van der Waals surface area (Å²) in [7, 11) is 0. The van der Waals surface area contributed by atoms with Crippen molar-refractivity contribution in [3.63, 3.8) is 0 Å². The van der Waals surface area contributed by atoms with E-state index in [2.05, 4.69) is 0 Å². The Morgan fingerprint density at radius 3 is 2.00 bits per heavy atom. The molecule has 1 atom stereocenters. The molecule has 1 rings (SSSR count). The van der Waals surface area contributed by atoms with Gasteiger partial charge in [-0.2, -0.15) is 0 Å². The van der Waals surface area contributed by atoms with Crippen molar-refractivity contribution >= 4 is 19.3 Å². The van der Waals surface area contributed by atoms with Gasteiger partial charge in [-0.15, -0.1) is 0 Å². The van der Waals surface area contributed by atoms with Crippen LogP contribution in [-0.4, -0.2) is 19.0 Å². The molecule has 59 valence electrons. The van der Waals surface area contributed by atoms with Crippen molar-refractivity contribution in [1.82, 2.24) is 0 Å². The molecule has 0 aliphatic heterocycles. The predicted octanol–water partition coefficient (Wildman–Crippen LogP) is 0.0828. The standard InChI is InChI=1S/C6H4AsF2O2/c8-5-1-4(7(10)11)2-6(9)3-5/h1-3H,(H,10,11). The van der Waals surface area contributed by atoms with Crippen molar-refractivity contribution in [3.05, 3.63) is 29.8 Å². The number of halogens is 2. The topological polar surface area (TPSA) is 37.3 Å². The molecule has 1 aromatic carbocycles. The van der Waals surface area contributed by atoms with Crippen molar-refractivity contribution in [2.75, 3.05) is 0 Å². The van der Waals surface area contributed by atoms with Crippen LogP contribution in [0.3, 0.4) is 0 Å². The van der Waals surface area contributed by atoms with Crippen LogP contribution in [0, 0.1) is 11.6 Å². The molecule has 0 aliphatic carbocycles. The van der Waals surface area contributed by atoms with Gasteiger partial charge in [-0.25, -0.2) is 0 Å². The zero-order valence-corrected chi connectivity index (χ0v) is 7.17. The van der Waals surface area contributed by atoms with Crippen LogP contribution in [0.4, 0.5) is 8.78 Å². The molecule has 0 fully saturated rings. The molecule has 0 amide bonds. The summed E-state index contributed by atoms with van der Waals surface area (Å²) in [5, 5.41) is 0. The van der Waals surface area contributed by atoms with E-state index in [0.717, 1.165) is 12.1 Å². The van der Waals surface area contributed by atoms with Gasteiger partial charge in [0, 0.05) is 0 Å². The second-order valence-electron chi connectivity index (χ2n) is 1.90. The molecule has 1 unspecified atom stereocenters. The van der Waals surface area contributed by atoms with Crippen LogP contribution in [0.15, 0.2) is 18.2 Å². The molecular formula is C6H4AsF2O2. The molecule has 0 saturated carbocycles. The summed E-state index contributed by atoms with van der Waals surface area (Å²) in [4.78, 5) is 0. The fraction of sp³-hybridized carbons (Fsp3) is 0. The molecule has 1 radical (unpaired) electrons. The van der Waals surface area contributed by atoms with E-state index in [1.165, 1.54) is 0 Å². The molecule has 0 spiro atoms. The van der Waals surface area contributed by atoms with Crippen molar-refractivity contribution in [2.24, 2.45) is 0 Å². The Morgan fingerprint density at radius 1 is 1.18 bits per heavy atom. The number of hydrogen-bond donors (Lipinski definition) is 1. The zero-order chi connectivity index (χ0) is 8.43. The fourth-order valence-corrected chi connectivity index (χ4v) is 1.63. The second-order valence-corrected chi connectivity index (χ2v) is 4.13. The van der Waals surface area contributed by atoms with E-state index in [9.17, 15) is 12.5 Å². The molecule has 0 heterocycles. The van der Waals surface area contributed by atoms with Crippen LogP contribution in [0.2, 0.25) is 0 Å². The quantitative estimate of drug-likeness (QED) is 0.682. The van der Waals surface area contributed by atoms with E-state index >= 15 is 0 Å². The van der Waals surface area contributed by atoms with E-state index in [0.29, 0.717) is 6.07 Å². The molecule has 2 nitrogen and oxygen atoms in total. The van der Waals surface area contributed by atoms with Crippen LogP contribution in [0.1, 0.15) is 0 Å². The first kappa shape index (κ1) is 8.49. The van der Waals surface area contributed by atoms with Crippen molar-refractivity contribution in [2.45, 2.75) is 0 Å². The summed E-state index contributed by atoms with van der Waals surface area (Å²) in [5.41, 5.74) is 0. The summed E-state index contributed by atoms with van der Waals surface area (Å²) < 4.78 is 43.4. The molecule has 1 N–H and O–H groups in total. The van der Waals surface area contributed by atoms with Gasteiger partial charge in [-0.1, -0.05) is 0 Å². The molecule has 0 bridgehead atoms. The van der Waals surface area contributed by atoms with E-state index in [-0.39, 0.29) is 4.35 Å². The van der Waals surface area contributed by atoms with Crippen LogP contribution in [0.25, 0.3) is 0 Å². The average Bonchev–Trinajstić information content (AvgIpc) is 1.85. The minimum atomic E-state index is -3.38. The predicted molar refractivity (Wildman–Crippen MR) is 34.7 cm³/mol. The Bertz CT molecular complexity index is 280. The molecule has 1 aromatic rings. The maximum absolute atomic E-state index is 12.3. The van der Waals surface area contributed by atoms with Gasteiger partial charge in [0.15, 0.2) is 0 Å². The first-order valence-corrected chi connectivity index (χ1v) is 5.26. The Morgan fingerprint density at radius 2 is 1.64 bits per heavy atom. The average molecular weight is 221 g/mol. The van der Waals surface area contributed by atoms with Crippen LogP contribution in [0.5, 0.6) is 0 Å². The van der Waals surface area contributed by atoms with Crippen LogP contribution < -0.4 is 4.35 Å². The molecule has 0 aliphatic rings. The van der Waals surface area contributed by atoms with Gasteiger partial charge in [0.25, 0.3) is 0 Å². The van der Waals surface area contributed by atoms with Crippen molar-refractivity contribution in [3.8, 4) is 0 Å². The van der Waals surface area contributed by atoms with Gasteiger partial charge in [-0.05, 0) is 0 Å².